The van der Waals surface area contributed by atoms with E-state index in [0.717, 1.165) is 35.0 Å². The van der Waals surface area contributed by atoms with Crippen LogP contribution in [0, 0.1) is 0 Å². The van der Waals surface area contributed by atoms with E-state index in [1.54, 1.807) is 29.7 Å². The number of benzene rings is 1. The number of pyridine rings is 2. The molecule has 0 saturated heterocycles. The van der Waals surface area contributed by atoms with E-state index in [2.05, 4.69) is 25.6 Å². The first-order valence-corrected chi connectivity index (χ1v) is 13.2. The highest BCUT2D eigenvalue weighted by molar-refractivity contribution is 7.15. The zero-order valence-electron chi connectivity index (χ0n) is 20.4. The lowest BCUT2D eigenvalue weighted by Crippen LogP contribution is -2.29. The number of aromatic nitrogens is 3. The van der Waals surface area contributed by atoms with E-state index in [0.29, 0.717) is 34.6 Å². The molecule has 2 atom stereocenters. The molecule has 7 nitrogen and oxygen atoms in total. The predicted octanol–water partition coefficient (Wildman–Crippen LogP) is 5.53. The van der Waals surface area contributed by atoms with Crippen LogP contribution >= 0.6 is 22.9 Å². The first-order chi connectivity index (χ1) is 17.6. The molecule has 1 aliphatic rings. The summed E-state index contributed by atoms with van der Waals surface area (Å²) in [5.74, 6) is 0.581. The molecule has 0 bridgehead atoms. The molecule has 3 aromatic heterocycles. The lowest BCUT2D eigenvalue weighted by atomic mass is 10.1. The Morgan fingerprint density at radius 1 is 1.14 bits per heavy atom. The molecular formula is C27H30ClN5O2S. The van der Waals surface area contributed by atoms with Crippen LogP contribution in [-0.2, 0) is 6.54 Å². The summed E-state index contributed by atoms with van der Waals surface area (Å²) in [5.41, 5.74) is 3.01. The highest BCUT2D eigenvalue weighted by Gasteiger charge is 2.22. The van der Waals surface area contributed by atoms with Gasteiger partial charge in [-0.1, -0.05) is 29.8 Å². The molecule has 2 N–H and O–H groups in total. The van der Waals surface area contributed by atoms with Gasteiger partial charge in [0.1, 0.15) is 0 Å². The quantitative estimate of drug-likeness (QED) is 0.293. The Balaban J connectivity index is 0.000000179. The van der Waals surface area contributed by atoms with E-state index in [4.69, 9.17) is 16.3 Å². The van der Waals surface area contributed by atoms with Gasteiger partial charge in [0.2, 0.25) is 5.88 Å². The lowest BCUT2D eigenvalue weighted by Gasteiger charge is -2.11. The summed E-state index contributed by atoms with van der Waals surface area (Å²) in [6.45, 7) is 3.39. The fourth-order valence-corrected chi connectivity index (χ4v) is 5.18. The summed E-state index contributed by atoms with van der Waals surface area (Å²) in [4.78, 5) is 25.3. The van der Waals surface area contributed by atoms with Crippen molar-refractivity contribution < 1.29 is 9.53 Å². The van der Waals surface area contributed by atoms with Crippen LogP contribution < -0.4 is 15.4 Å². The van der Waals surface area contributed by atoms with Crippen molar-refractivity contribution in [2.24, 2.45) is 0 Å². The normalized spacial score (nSPS) is 17.0. The van der Waals surface area contributed by atoms with Crippen molar-refractivity contribution in [2.45, 2.75) is 44.8 Å². The van der Waals surface area contributed by atoms with Crippen LogP contribution in [0.3, 0.4) is 0 Å². The number of fused-ring (bicyclic) bond motifs is 1. The number of nitrogens with zero attached hydrogens (tertiary/aromatic N) is 3. The number of para-hydroxylation sites is 1. The second-order valence-corrected chi connectivity index (χ2v) is 10.2. The molecule has 1 saturated carbocycles. The minimum Gasteiger partial charge on any atom is -0.478 e. The molecule has 1 fully saturated rings. The highest BCUT2D eigenvalue weighted by atomic mass is 35.5. The van der Waals surface area contributed by atoms with E-state index in [9.17, 15) is 4.79 Å². The van der Waals surface area contributed by atoms with E-state index in [1.807, 2.05) is 50.5 Å². The Hall–Kier alpha value is -2.91. The summed E-state index contributed by atoms with van der Waals surface area (Å²) in [6.07, 6.45) is 8.18. The van der Waals surface area contributed by atoms with Gasteiger partial charge in [-0.2, -0.15) is 0 Å². The molecule has 1 aliphatic carbocycles. The fraction of sp³-hybridized carbons (Fsp3) is 0.333. The number of hydrogen-bond donors (Lipinski definition) is 2. The molecule has 36 heavy (non-hydrogen) atoms. The third-order valence-electron chi connectivity index (χ3n) is 6.13. The molecule has 0 aliphatic heterocycles. The smallest absolute Gasteiger partial charge is 0.213 e. The summed E-state index contributed by atoms with van der Waals surface area (Å²) in [5, 5.41) is 7.73. The van der Waals surface area contributed by atoms with E-state index in [1.165, 1.54) is 24.1 Å². The third-order valence-corrected chi connectivity index (χ3v) is 7.25. The number of hydrogen-bond acceptors (Lipinski definition) is 8. The SMILES string of the molecule is CCOc1ccc(-c2cc(C=O)c3ccccc3n2)cn1.CN[C@@H]1CC[C@H](NCc2cnc(Cl)s2)C1. The molecule has 0 radical (unpaired) electrons. The van der Waals surface area contributed by atoms with Gasteiger partial charge in [-0.15, -0.1) is 11.3 Å². The molecule has 5 rings (SSSR count). The van der Waals surface area contributed by atoms with Crippen LogP contribution in [0.1, 0.15) is 41.4 Å². The fourth-order valence-electron chi connectivity index (χ4n) is 4.25. The molecule has 4 aromatic rings. The van der Waals surface area contributed by atoms with Crippen molar-refractivity contribution in [1.82, 2.24) is 25.6 Å². The second-order valence-electron chi connectivity index (χ2n) is 8.51. The van der Waals surface area contributed by atoms with E-state index < -0.39 is 0 Å². The maximum atomic E-state index is 11.3. The van der Waals surface area contributed by atoms with Gasteiger partial charge >= 0.3 is 0 Å². The summed E-state index contributed by atoms with van der Waals surface area (Å²) in [6, 6.07) is 14.4. The van der Waals surface area contributed by atoms with Crippen LogP contribution in [0.5, 0.6) is 5.88 Å². The summed E-state index contributed by atoms with van der Waals surface area (Å²) >= 11 is 7.32. The van der Waals surface area contributed by atoms with E-state index in [-0.39, 0.29) is 0 Å². The minimum atomic E-state index is 0.579. The van der Waals surface area contributed by atoms with Crippen LogP contribution in [-0.4, -0.2) is 47.0 Å². The lowest BCUT2D eigenvalue weighted by molar-refractivity contribution is 0.112. The van der Waals surface area contributed by atoms with Gasteiger partial charge in [-0.05, 0) is 51.4 Å². The average Bonchev–Trinajstić information content (AvgIpc) is 3.56. The zero-order chi connectivity index (χ0) is 25.3. The average molecular weight is 524 g/mol. The molecule has 1 aromatic carbocycles. The Bertz CT molecular complexity index is 1280. The van der Waals surface area contributed by atoms with Gasteiger partial charge in [0.15, 0.2) is 10.8 Å². The standard InChI is InChI=1S/C17H14N2O2.C10H16ClN3S/c1-2-21-17-8-7-12(10-18-17)16-9-13(11-20)14-5-3-4-6-15(14)19-16;1-12-7-2-3-8(4-7)13-5-9-6-14-10(11)15-9/h3-11H,2H2,1H3;6-8,12-13H,2-5H2,1H3/t;7-,8+/m.1/s1. The van der Waals surface area contributed by atoms with Gasteiger partial charge in [-0.3, -0.25) is 4.79 Å². The van der Waals surface area contributed by atoms with E-state index >= 15 is 0 Å². The van der Waals surface area contributed by atoms with Crippen LogP contribution in [0.4, 0.5) is 0 Å². The number of carbonyl (C=O) groups excluding carboxylic acids is 1. The number of nitrogens with one attached hydrogen (secondary N) is 2. The molecule has 0 spiro atoms. The highest BCUT2D eigenvalue weighted by Crippen LogP contribution is 2.25. The first-order valence-electron chi connectivity index (χ1n) is 12.0. The van der Waals surface area contributed by atoms with Crippen molar-refractivity contribution >= 4 is 40.1 Å². The van der Waals surface area contributed by atoms with Crippen LogP contribution in [0.25, 0.3) is 22.2 Å². The number of thiazole rings is 1. The maximum absolute atomic E-state index is 11.3. The van der Waals surface area contributed by atoms with Crippen molar-refractivity contribution in [3.05, 3.63) is 69.8 Å². The number of halogens is 1. The number of aldehydes is 1. The third kappa shape index (κ3) is 6.85. The summed E-state index contributed by atoms with van der Waals surface area (Å²) < 4.78 is 5.96. The van der Waals surface area contributed by atoms with Crippen molar-refractivity contribution in [2.75, 3.05) is 13.7 Å². The first kappa shape index (κ1) is 26.2. The topological polar surface area (TPSA) is 89.0 Å². The minimum absolute atomic E-state index is 0.579. The van der Waals surface area contributed by atoms with Crippen molar-refractivity contribution in [3.8, 4) is 17.1 Å². The Kier molecular flexibility index (Phi) is 9.35. The molecule has 0 amide bonds. The Labute approximate surface area is 220 Å². The number of ether oxygens (including phenoxy) is 1. The molecular weight excluding hydrogens is 494 g/mol. The molecule has 0 unspecified atom stereocenters. The van der Waals surface area contributed by atoms with Crippen LogP contribution in [0.15, 0.2) is 54.9 Å². The zero-order valence-corrected chi connectivity index (χ0v) is 22.0. The van der Waals surface area contributed by atoms with Crippen LogP contribution in [0.2, 0.25) is 4.47 Å². The van der Waals surface area contributed by atoms with Crippen molar-refractivity contribution in [1.29, 1.82) is 0 Å². The molecule has 3 heterocycles. The predicted molar refractivity (Wildman–Crippen MR) is 146 cm³/mol. The van der Waals surface area contributed by atoms with Gasteiger partial charge in [0.05, 0.1) is 17.8 Å². The monoisotopic (exact) mass is 523 g/mol. The summed E-state index contributed by atoms with van der Waals surface area (Å²) in [7, 11) is 2.04. The second kappa shape index (κ2) is 12.9. The Morgan fingerprint density at radius 2 is 1.97 bits per heavy atom. The van der Waals surface area contributed by atoms with Gasteiger partial charge in [-0.25, -0.2) is 15.0 Å². The maximum Gasteiger partial charge on any atom is 0.213 e. The number of rotatable bonds is 8. The molecule has 9 heteroatoms. The van der Waals surface area contributed by atoms with Gasteiger partial charge in [0.25, 0.3) is 0 Å². The van der Waals surface area contributed by atoms with Gasteiger partial charge < -0.3 is 15.4 Å². The number of carbonyl (C=O) groups is 1. The largest absolute Gasteiger partial charge is 0.478 e. The Morgan fingerprint density at radius 3 is 2.64 bits per heavy atom. The van der Waals surface area contributed by atoms with Crippen molar-refractivity contribution in [3.63, 3.8) is 0 Å². The van der Waals surface area contributed by atoms with Gasteiger partial charge in [0, 0.05) is 58.5 Å². The molecule has 188 valence electrons.